The summed E-state index contributed by atoms with van der Waals surface area (Å²) in [6, 6.07) is 16.3. The molecule has 32 heavy (non-hydrogen) atoms. The van der Waals surface area contributed by atoms with Gasteiger partial charge < -0.3 is 4.90 Å². The molecule has 2 aromatic carbocycles. The number of carbonyl (C=O) groups excluding carboxylic acids is 2. The third-order valence-electron chi connectivity index (χ3n) is 5.56. The Hall–Kier alpha value is -2.46. The second kappa shape index (κ2) is 9.99. The topological polar surface area (TPSA) is 64.4 Å². The van der Waals surface area contributed by atoms with Crippen molar-refractivity contribution in [1.82, 2.24) is 4.90 Å². The highest BCUT2D eigenvalue weighted by Crippen LogP contribution is 2.42. The molecule has 2 aliphatic heterocycles. The van der Waals surface area contributed by atoms with E-state index in [1.54, 1.807) is 35.2 Å². The van der Waals surface area contributed by atoms with Crippen LogP contribution in [0.5, 0.6) is 0 Å². The monoisotopic (exact) mass is 485 g/mol. The first-order chi connectivity index (χ1) is 15.5. The van der Waals surface area contributed by atoms with Gasteiger partial charge in [-0.05, 0) is 61.6 Å². The summed E-state index contributed by atoms with van der Waals surface area (Å²) >= 11 is 13.7. The third-order valence-corrected chi connectivity index (χ3v) is 7.43. The molecule has 0 bridgehead atoms. The molecule has 2 heterocycles. The summed E-state index contributed by atoms with van der Waals surface area (Å²) in [4.78, 5) is 29.9. The van der Waals surface area contributed by atoms with Crippen LogP contribution in [0.4, 0.5) is 5.69 Å². The molecule has 0 unspecified atom stereocenters. The van der Waals surface area contributed by atoms with Crippen LogP contribution < -0.4 is 4.90 Å². The van der Waals surface area contributed by atoms with Gasteiger partial charge in [0, 0.05) is 28.8 Å². The Bertz CT molecular complexity index is 1110. The fraction of sp³-hybridized carbons (Fsp3) is 0.292. The second-order valence-electron chi connectivity index (χ2n) is 7.70. The number of halogens is 2. The largest absolute Gasteiger partial charge is 0.338 e. The number of thioether (sulfide) groups is 1. The highest BCUT2D eigenvalue weighted by atomic mass is 35.5. The average molecular weight is 486 g/mol. The van der Waals surface area contributed by atoms with Crippen LogP contribution >= 0.6 is 35.0 Å². The number of likely N-dealkylation sites (tertiary alicyclic amines) is 1. The first kappa shape index (κ1) is 22.7. The zero-order valence-corrected chi connectivity index (χ0v) is 19.6. The number of rotatable bonds is 4. The van der Waals surface area contributed by atoms with Crippen molar-refractivity contribution in [2.45, 2.75) is 30.9 Å². The highest BCUT2D eigenvalue weighted by molar-refractivity contribution is 8.05. The van der Waals surface area contributed by atoms with Gasteiger partial charge in [-0.25, -0.2) is 0 Å². The number of anilines is 1. The molecule has 0 saturated carbocycles. The highest BCUT2D eigenvalue weighted by Gasteiger charge is 2.41. The first-order valence-electron chi connectivity index (χ1n) is 10.4. The number of hydrogen-bond donors (Lipinski definition) is 0. The van der Waals surface area contributed by atoms with Crippen LogP contribution in [0.2, 0.25) is 10.0 Å². The maximum Gasteiger partial charge on any atom is 0.267 e. The van der Waals surface area contributed by atoms with Gasteiger partial charge in [0.25, 0.3) is 5.91 Å². The van der Waals surface area contributed by atoms with Gasteiger partial charge in [0.15, 0.2) is 0 Å². The van der Waals surface area contributed by atoms with Crippen molar-refractivity contribution in [1.29, 1.82) is 5.26 Å². The van der Waals surface area contributed by atoms with Gasteiger partial charge in [0.2, 0.25) is 5.91 Å². The van der Waals surface area contributed by atoms with Gasteiger partial charge in [-0.3, -0.25) is 14.5 Å². The molecule has 2 fully saturated rings. The summed E-state index contributed by atoms with van der Waals surface area (Å²) < 4.78 is 0. The minimum Gasteiger partial charge on any atom is -0.338 e. The number of hydrogen-bond acceptors (Lipinski definition) is 4. The van der Waals surface area contributed by atoms with Crippen molar-refractivity contribution < 1.29 is 9.59 Å². The molecule has 2 aliphatic rings. The summed E-state index contributed by atoms with van der Waals surface area (Å²) in [6.45, 7) is 1.26. The van der Waals surface area contributed by atoms with Crippen molar-refractivity contribution in [3.8, 4) is 6.07 Å². The standard InChI is InChI=1S/C24H21Cl2N3O2S/c25-17-9-10-20(26)16(13-17)14-21-23(31)29(18-7-3-1-4-8-18)24(32-21)19(15-27)22(30)28-11-5-2-6-12-28/h1,3-4,7-10,13,21H,2,5-6,11-12,14H2/b24-19-/t21-/m1/s1. The summed E-state index contributed by atoms with van der Waals surface area (Å²) in [6.07, 6.45) is 3.26. The lowest BCUT2D eigenvalue weighted by Gasteiger charge is -2.27. The number of nitrogens with zero attached hydrogens (tertiary/aromatic N) is 3. The van der Waals surface area contributed by atoms with E-state index >= 15 is 0 Å². The molecule has 0 aromatic heterocycles. The van der Waals surface area contributed by atoms with Gasteiger partial charge in [-0.15, -0.1) is 0 Å². The molecule has 0 aliphatic carbocycles. The van der Waals surface area contributed by atoms with E-state index in [0.717, 1.165) is 24.8 Å². The third kappa shape index (κ3) is 4.66. The normalized spacial score (nSPS) is 20.3. The Morgan fingerprint density at radius 3 is 2.50 bits per heavy atom. The Kier molecular flexibility index (Phi) is 7.10. The fourth-order valence-corrected chi connectivity index (χ4v) is 5.62. The fourth-order valence-electron chi connectivity index (χ4n) is 3.94. The zero-order chi connectivity index (χ0) is 22.7. The average Bonchev–Trinajstić information content (AvgIpc) is 3.13. The summed E-state index contributed by atoms with van der Waals surface area (Å²) in [7, 11) is 0. The van der Waals surface area contributed by atoms with Gasteiger partial charge in [-0.1, -0.05) is 53.2 Å². The SMILES string of the molecule is N#C/C(C(=O)N1CCCCC1)=C1/S[C@H](Cc2cc(Cl)ccc2Cl)C(=O)N1c1ccccc1. The molecule has 2 amide bonds. The molecule has 164 valence electrons. The van der Waals surface area contributed by atoms with Gasteiger partial charge in [0.05, 0.1) is 5.25 Å². The Morgan fingerprint density at radius 2 is 1.81 bits per heavy atom. The molecule has 1 atom stereocenters. The van der Waals surface area contributed by atoms with Crippen molar-refractivity contribution in [2.75, 3.05) is 18.0 Å². The minimum atomic E-state index is -0.529. The maximum atomic E-state index is 13.5. The summed E-state index contributed by atoms with van der Waals surface area (Å²) in [5.74, 6) is -0.503. The lowest BCUT2D eigenvalue weighted by Crippen LogP contribution is -2.37. The smallest absolute Gasteiger partial charge is 0.267 e. The quantitative estimate of drug-likeness (QED) is 0.427. The van der Waals surface area contributed by atoms with Crippen LogP contribution in [-0.2, 0) is 16.0 Å². The lowest BCUT2D eigenvalue weighted by molar-refractivity contribution is -0.127. The van der Waals surface area contributed by atoms with Crippen molar-refractivity contribution >= 4 is 52.5 Å². The van der Waals surface area contributed by atoms with Crippen LogP contribution in [0.25, 0.3) is 0 Å². The summed E-state index contributed by atoms with van der Waals surface area (Å²) in [5.41, 5.74) is 1.38. The van der Waals surface area contributed by atoms with Gasteiger partial charge in [0.1, 0.15) is 16.7 Å². The van der Waals surface area contributed by atoms with Crippen LogP contribution in [0.3, 0.4) is 0 Å². The minimum absolute atomic E-state index is 0.00814. The number of amides is 2. The van der Waals surface area contributed by atoms with Crippen LogP contribution in [0.15, 0.2) is 59.1 Å². The van der Waals surface area contributed by atoms with E-state index in [-0.39, 0.29) is 17.4 Å². The number of carbonyl (C=O) groups is 2. The molecule has 4 rings (SSSR count). The van der Waals surface area contributed by atoms with Crippen molar-refractivity contribution in [3.05, 3.63) is 74.7 Å². The number of nitriles is 1. The van der Waals surface area contributed by atoms with E-state index in [4.69, 9.17) is 23.2 Å². The zero-order valence-electron chi connectivity index (χ0n) is 17.3. The molecule has 8 heteroatoms. The molecule has 2 aromatic rings. The van der Waals surface area contributed by atoms with Crippen LogP contribution in [-0.4, -0.2) is 35.1 Å². The Balaban J connectivity index is 1.73. The molecular formula is C24H21Cl2N3O2S. The van der Waals surface area contributed by atoms with E-state index in [9.17, 15) is 14.9 Å². The van der Waals surface area contributed by atoms with E-state index in [0.29, 0.717) is 40.3 Å². The van der Waals surface area contributed by atoms with Crippen molar-refractivity contribution in [2.24, 2.45) is 0 Å². The van der Waals surface area contributed by atoms with Gasteiger partial charge >= 0.3 is 0 Å². The predicted molar refractivity (Wildman–Crippen MR) is 129 cm³/mol. The second-order valence-corrected chi connectivity index (χ2v) is 9.74. The molecular weight excluding hydrogens is 465 g/mol. The molecule has 0 N–H and O–H groups in total. The van der Waals surface area contributed by atoms with E-state index < -0.39 is 5.25 Å². The van der Waals surface area contributed by atoms with Crippen LogP contribution in [0, 0.1) is 11.3 Å². The Labute approximate surface area is 201 Å². The van der Waals surface area contributed by atoms with Crippen LogP contribution in [0.1, 0.15) is 24.8 Å². The maximum absolute atomic E-state index is 13.5. The van der Waals surface area contributed by atoms with E-state index in [1.165, 1.54) is 16.7 Å². The predicted octanol–water partition coefficient (Wildman–Crippen LogP) is 5.43. The molecule has 5 nitrogen and oxygen atoms in total. The molecule has 2 saturated heterocycles. The molecule has 0 spiro atoms. The van der Waals surface area contributed by atoms with E-state index in [1.807, 2.05) is 18.2 Å². The number of piperidine rings is 1. The van der Waals surface area contributed by atoms with E-state index in [2.05, 4.69) is 6.07 Å². The van der Waals surface area contributed by atoms with Gasteiger partial charge in [-0.2, -0.15) is 5.26 Å². The summed E-state index contributed by atoms with van der Waals surface area (Å²) in [5, 5.41) is 10.9. The molecule has 0 radical (unpaired) electrons. The number of para-hydroxylation sites is 1. The number of benzene rings is 2. The van der Waals surface area contributed by atoms with Crippen molar-refractivity contribution in [3.63, 3.8) is 0 Å². The Morgan fingerprint density at radius 1 is 1.09 bits per heavy atom. The lowest BCUT2D eigenvalue weighted by atomic mass is 10.1. The first-order valence-corrected chi connectivity index (χ1v) is 12.1.